The van der Waals surface area contributed by atoms with Crippen LogP contribution < -0.4 is 5.32 Å². The summed E-state index contributed by atoms with van der Waals surface area (Å²) in [6, 6.07) is 5.65. The Bertz CT molecular complexity index is 523. The highest BCUT2D eigenvalue weighted by Gasteiger charge is 2.12. The second-order valence-electron chi connectivity index (χ2n) is 4.59. The summed E-state index contributed by atoms with van der Waals surface area (Å²) in [5.74, 6) is -0.923. The molecule has 1 rings (SSSR count). The zero-order chi connectivity index (χ0) is 15.1. The lowest BCUT2D eigenvalue weighted by atomic mass is 9.99. The Morgan fingerprint density at radius 1 is 1.15 bits per heavy atom. The summed E-state index contributed by atoms with van der Waals surface area (Å²) in [6.45, 7) is 3.61. The van der Waals surface area contributed by atoms with Gasteiger partial charge < -0.3 is 10.1 Å². The molecular weight excluding hydrogens is 258 g/mol. The predicted octanol–water partition coefficient (Wildman–Crippen LogP) is 1.56. The first-order valence-electron chi connectivity index (χ1n) is 6.38. The van der Waals surface area contributed by atoms with E-state index < -0.39 is 5.97 Å². The molecule has 5 nitrogen and oxygen atoms in total. The summed E-state index contributed by atoms with van der Waals surface area (Å²) in [6.07, 6.45) is 0.181. The highest BCUT2D eigenvalue weighted by Crippen LogP contribution is 2.13. The number of esters is 1. The lowest BCUT2D eigenvalue weighted by molar-refractivity contribution is -0.141. The molecule has 20 heavy (non-hydrogen) atoms. The molecule has 0 bridgehead atoms. The molecule has 0 spiro atoms. The molecule has 1 amide bonds. The van der Waals surface area contributed by atoms with E-state index in [-0.39, 0.29) is 31.1 Å². The van der Waals surface area contributed by atoms with Crippen LogP contribution in [0.3, 0.4) is 0 Å². The molecule has 5 heteroatoms. The van der Waals surface area contributed by atoms with Gasteiger partial charge in [-0.25, -0.2) is 0 Å². The normalized spacial score (nSPS) is 9.95. The van der Waals surface area contributed by atoms with Crippen LogP contribution in [0.5, 0.6) is 0 Å². The molecule has 0 fully saturated rings. The largest absolute Gasteiger partial charge is 0.468 e. The molecule has 108 valence electrons. The van der Waals surface area contributed by atoms with E-state index in [4.69, 9.17) is 0 Å². The molecule has 0 unspecified atom stereocenters. The molecule has 0 aliphatic rings. The second kappa shape index (κ2) is 7.43. The lowest BCUT2D eigenvalue weighted by Gasteiger charge is -2.07. The Balaban J connectivity index is 2.49. The number of carbonyl (C=O) groups is 3. The zero-order valence-corrected chi connectivity index (χ0v) is 12.0. The number of rotatable bonds is 6. The summed E-state index contributed by atoms with van der Waals surface area (Å²) in [7, 11) is 1.25. The Kier molecular flexibility index (Phi) is 5.90. The first-order chi connectivity index (χ1) is 9.43. The highest BCUT2D eigenvalue weighted by atomic mass is 16.5. The fraction of sp³-hybridized carbons (Fsp3) is 0.400. The van der Waals surface area contributed by atoms with Crippen LogP contribution in [0.1, 0.15) is 34.3 Å². The summed E-state index contributed by atoms with van der Waals surface area (Å²) in [4.78, 5) is 34.4. The van der Waals surface area contributed by atoms with Crippen LogP contribution in [-0.2, 0) is 14.3 Å². The van der Waals surface area contributed by atoms with Gasteiger partial charge in [0, 0.05) is 18.4 Å². The highest BCUT2D eigenvalue weighted by molar-refractivity contribution is 5.99. The lowest BCUT2D eigenvalue weighted by Crippen LogP contribution is -2.30. The summed E-state index contributed by atoms with van der Waals surface area (Å²) >= 11 is 0. The third kappa shape index (κ3) is 4.84. The molecule has 0 saturated carbocycles. The third-order valence-corrected chi connectivity index (χ3v) is 2.93. The number of hydrogen-bond acceptors (Lipinski definition) is 4. The summed E-state index contributed by atoms with van der Waals surface area (Å²) < 4.78 is 4.40. The van der Waals surface area contributed by atoms with Gasteiger partial charge in [-0.1, -0.05) is 17.7 Å². The minimum atomic E-state index is -0.515. The first-order valence-corrected chi connectivity index (χ1v) is 6.38. The average Bonchev–Trinajstić information content (AvgIpc) is 2.44. The molecule has 1 N–H and O–H groups in total. The molecule has 0 aliphatic carbocycles. The SMILES string of the molecule is COC(=O)CNC(=O)CCC(=O)c1cc(C)ccc1C. The molecule has 0 radical (unpaired) electrons. The molecule has 0 atom stereocenters. The first kappa shape index (κ1) is 15.9. The standard InChI is InChI=1S/C15H19NO4/c1-10-4-5-11(2)12(8-10)13(17)6-7-14(18)16-9-15(19)20-3/h4-5,8H,6-7,9H2,1-3H3,(H,16,18). The van der Waals surface area contributed by atoms with Gasteiger partial charge >= 0.3 is 5.97 Å². The maximum absolute atomic E-state index is 12.0. The van der Waals surface area contributed by atoms with Crippen molar-refractivity contribution in [3.63, 3.8) is 0 Å². The monoisotopic (exact) mass is 277 g/mol. The van der Waals surface area contributed by atoms with Gasteiger partial charge in [0.1, 0.15) is 6.54 Å². The van der Waals surface area contributed by atoms with Crippen LogP contribution in [0.4, 0.5) is 0 Å². The topological polar surface area (TPSA) is 72.5 Å². The molecule has 0 aliphatic heterocycles. The van der Waals surface area contributed by atoms with Crippen LogP contribution in [0.2, 0.25) is 0 Å². The van der Waals surface area contributed by atoms with Crippen molar-refractivity contribution in [2.24, 2.45) is 0 Å². The van der Waals surface area contributed by atoms with Crippen LogP contribution in [0, 0.1) is 13.8 Å². The van der Waals surface area contributed by atoms with Gasteiger partial charge in [0.2, 0.25) is 5.91 Å². The maximum atomic E-state index is 12.0. The Hall–Kier alpha value is -2.17. The molecular formula is C15H19NO4. The fourth-order valence-electron chi connectivity index (χ4n) is 1.73. The minimum Gasteiger partial charge on any atom is -0.468 e. The number of hydrogen-bond donors (Lipinski definition) is 1. The number of aryl methyl sites for hydroxylation is 2. The number of ketones is 1. The number of benzene rings is 1. The van der Waals surface area contributed by atoms with Gasteiger partial charge in [-0.15, -0.1) is 0 Å². The van der Waals surface area contributed by atoms with E-state index in [2.05, 4.69) is 10.1 Å². The van der Waals surface area contributed by atoms with Gasteiger partial charge in [-0.05, 0) is 25.5 Å². The minimum absolute atomic E-state index is 0.0587. The Morgan fingerprint density at radius 2 is 1.85 bits per heavy atom. The zero-order valence-electron chi connectivity index (χ0n) is 12.0. The smallest absolute Gasteiger partial charge is 0.325 e. The molecule has 0 saturated heterocycles. The van der Waals surface area contributed by atoms with E-state index in [1.165, 1.54) is 7.11 Å². The number of ether oxygens (including phenoxy) is 1. The Morgan fingerprint density at radius 3 is 2.50 bits per heavy atom. The van der Waals surface area contributed by atoms with E-state index >= 15 is 0 Å². The van der Waals surface area contributed by atoms with E-state index in [9.17, 15) is 14.4 Å². The van der Waals surface area contributed by atoms with E-state index in [0.29, 0.717) is 5.56 Å². The average molecular weight is 277 g/mol. The fourth-order valence-corrected chi connectivity index (χ4v) is 1.73. The van der Waals surface area contributed by atoms with Crippen molar-refractivity contribution in [3.05, 3.63) is 34.9 Å². The number of amides is 1. The van der Waals surface area contributed by atoms with E-state index in [1.54, 1.807) is 0 Å². The van der Waals surface area contributed by atoms with Crippen molar-refractivity contribution in [2.75, 3.05) is 13.7 Å². The summed E-state index contributed by atoms with van der Waals surface area (Å²) in [5, 5.41) is 2.40. The maximum Gasteiger partial charge on any atom is 0.325 e. The van der Waals surface area contributed by atoms with Crippen molar-refractivity contribution in [1.82, 2.24) is 5.32 Å². The van der Waals surface area contributed by atoms with Crippen LogP contribution in [0.25, 0.3) is 0 Å². The number of nitrogens with one attached hydrogen (secondary N) is 1. The van der Waals surface area contributed by atoms with Gasteiger partial charge in [-0.2, -0.15) is 0 Å². The number of carbonyl (C=O) groups excluding carboxylic acids is 3. The van der Waals surface area contributed by atoms with Crippen molar-refractivity contribution >= 4 is 17.7 Å². The second-order valence-corrected chi connectivity index (χ2v) is 4.59. The van der Waals surface area contributed by atoms with Crippen molar-refractivity contribution < 1.29 is 19.1 Å². The van der Waals surface area contributed by atoms with Gasteiger partial charge in [0.25, 0.3) is 0 Å². The molecule has 1 aromatic carbocycles. The number of Topliss-reactive ketones (excluding diaryl/α,β-unsaturated/α-hetero) is 1. The molecule has 0 heterocycles. The quantitative estimate of drug-likeness (QED) is 0.632. The van der Waals surface area contributed by atoms with Crippen molar-refractivity contribution in [1.29, 1.82) is 0 Å². The van der Waals surface area contributed by atoms with E-state index in [1.807, 2.05) is 32.0 Å². The van der Waals surface area contributed by atoms with Crippen LogP contribution in [-0.4, -0.2) is 31.3 Å². The third-order valence-electron chi connectivity index (χ3n) is 2.93. The number of methoxy groups -OCH3 is 1. The Labute approximate surface area is 118 Å². The van der Waals surface area contributed by atoms with Gasteiger partial charge in [0.15, 0.2) is 5.78 Å². The van der Waals surface area contributed by atoms with Crippen LogP contribution in [0.15, 0.2) is 18.2 Å². The molecule has 1 aromatic rings. The van der Waals surface area contributed by atoms with Crippen LogP contribution >= 0.6 is 0 Å². The predicted molar refractivity (Wildman–Crippen MR) is 74.5 cm³/mol. The summed E-state index contributed by atoms with van der Waals surface area (Å²) in [5.41, 5.74) is 2.55. The molecule has 0 aromatic heterocycles. The van der Waals surface area contributed by atoms with Crippen molar-refractivity contribution in [3.8, 4) is 0 Å². The van der Waals surface area contributed by atoms with E-state index in [0.717, 1.165) is 11.1 Å². The van der Waals surface area contributed by atoms with Gasteiger partial charge in [0.05, 0.1) is 7.11 Å². The van der Waals surface area contributed by atoms with Gasteiger partial charge in [-0.3, -0.25) is 14.4 Å². The van der Waals surface area contributed by atoms with Crippen molar-refractivity contribution in [2.45, 2.75) is 26.7 Å².